The van der Waals surface area contributed by atoms with Gasteiger partial charge in [0, 0.05) is 50.2 Å². The Hall–Kier alpha value is -3.19. The molecule has 0 bridgehead atoms. The van der Waals surface area contributed by atoms with Gasteiger partial charge < -0.3 is 15.4 Å². The lowest BCUT2D eigenvalue weighted by atomic mass is 9.90. The molecule has 0 aliphatic carbocycles. The standard InChI is InChI=1S/C20H21N5O2/c1-25-13-14(10-23-25)17-11-21-12-18(17)20(26)24-15-5-7-16(8-6-15)27-19-4-2-3-9-22-19/h2-10,13,17-18,21H,11-12H2,1H3,(H,24,26)/t17-,18+/m1/s1. The van der Waals surface area contributed by atoms with Crippen molar-refractivity contribution in [2.45, 2.75) is 5.92 Å². The number of hydrogen-bond donors (Lipinski definition) is 2. The van der Waals surface area contributed by atoms with Gasteiger partial charge in [-0.15, -0.1) is 0 Å². The maximum Gasteiger partial charge on any atom is 0.229 e. The molecule has 3 heterocycles. The van der Waals surface area contributed by atoms with Gasteiger partial charge in [0.15, 0.2) is 0 Å². The Bertz CT molecular complexity index is 908. The summed E-state index contributed by atoms with van der Waals surface area (Å²) < 4.78 is 7.44. The summed E-state index contributed by atoms with van der Waals surface area (Å²) in [5, 5.41) is 10.5. The number of carbonyl (C=O) groups excluding carboxylic acids is 1. The summed E-state index contributed by atoms with van der Waals surface area (Å²) in [5.41, 5.74) is 1.83. The maximum absolute atomic E-state index is 12.8. The minimum Gasteiger partial charge on any atom is -0.439 e. The lowest BCUT2D eigenvalue weighted by molar-refractivity contribution is -0.119. The van der Waals surface area contributed by atoms with Crippen molar-refractivity contribution >= 4 is 11.6 Å². The molecule has 2 N–H and O–H groups in total. The van der Waals surface area contributed by atoms with Gasteiger partial charge in [0.05, 0.1) is 12.1 Å². The van der Waals surface area contributed by atoms with Crippen molar-refractivity contribution in [1.82, 2.24) is 20.1 Å². The lowest BCUT2D eigenvalue weighted by Gasteiger charge is -2.17. The van der Waals surface area contributed by atoms with E-state index in [9.17, 15) is 4.79 Å². The van der Waals surface area contributed by atoms with Crippen LogP contribution < -0.4 is 15.4 Å². The molecule has 1 aliphatic rings. The molecule has 1 aromatic carbocycles. The van der Waals surface area contributed by atoms with Crippen LogP contribution in [-0.2, 0) is 11.8 Å². The Morgan fingerprint density at radius 1 is 1.22 bits per heavy atom. The van der Waals surface area contributed by atoms with E-state index in [2.05, 4.69) is 20.7 Å². The Balaban J connectivity index is 1.40. The molecule has 0 saturated carbocycles. The summed E-state index contributed by atoms with van der Waals surface area (Å²) in [7, 11) is 1.88. The van der Waals surface area contributed by atoms with Gasteiger partial charge in [-0.25, -0.2) is 4.98 Å². The number of aryl methyl sites for hydroxylation is 1. The van der Waals surface area contributed by atoms with E-state index in [1.165, 1.54) is 0 Å². The largest absolute Gasteiger partial charge is 0.439 e. The molecule has 1 amide bonds. The summed E-state index contributed by atoms with van der Waals surface area (Å²) in [6, 6.07) is 12.8. The highest BCUT2D eigenvalue weighted by Crippen LogP contribution is 2.29. The van der Waals surface area contributed by atoms with E-state index >= 15 is 0 Å². The second-order valence-corrected chi connectivity index (χ2v) is 6.60. The van der Waals surface area contributed by atoms with Crippen molar-refractivity contribution in [1.29, 1.82) is 0 Å². The van der Waals surface area contributed by atoms with Gasteiger partial charge >= 0.3 is 0 Å². The highest BCUT2D eigenvalue weighted by Gasteiger charge is 2.34. The van der Waals surface area contributed by atoms with Gasteiger partial charge in [0.1, 0.15) is 5.75 Å². The van der Waals surface area contributed by atoms with Gasteiger partial charge in [0.2, 0.25) is 11.8 Å². The van der Waals surface area contributed by atoms with Crippen molar-refractivity contribution in [2.75, 3.05) is 18.4 Å². The Morgan fingerprint density at radius 3 is 2.78 bits per heavy atom. The van der Waals surface area contributed by atoms with E-state index in [1.807, 2.05) is 55.8 Å². The van der Waals surface area contributed by atoms with Crippen LogP contribution in [0.2, 0.25) is 0 Å². The number of aromatic nitrogens is 3. The van der Waals surface area contributed by atoms with Crippen molar-refractivity contribution in [3.63, 3.8) is 0 Å². The molecule has 1 saturated heterocycles. The normalized spacial score (nSPS) is 19.0. The maximum atomic E-state index is 12.8. The van der Waals surface area contributed by atoms with Crippen LogP contribution in [-0.4, -0.2) is 33.8 Å². The highest BCUT2D eigenvalue weighted by atomic mass is 16.5. The third-order valence-electron chi connectivity index (χ3n) is 4.69. The van der Waals surface area contributed by atoms with Crippen LogP contribution in [0.25, 0.3) is 0 Å². The first-order chi connectivity index (χ1) is 13.2. The molecule has 4 rings (SSSR count). The number of benzene rings is 1. The van der Waals surface area contributed by atoms with E-state index in [1.54, 1.807) is 16.9 Å². The van der Waals surface area contributed by atoms with E-state index in [0.717, 1.165) is 17.8 Å². The van der Waals surface area contributed by atoms with Crippen molar-refractivity contribution in [3.8, 4) is 11.6 Å². The zero-order valence-corrected chi connectivity index (χ0v) is 15.0. The minimum atomic E-state index is -0.126. The molecule has 0 spiro atoms. The van der Waals surface area contributed by atoms with Crippen LogP contribution in [0.4, 0.5) is 5.69 Å². The lowest BCUT2D eigenvalue weighted by Crippen LogP contribution is -2.28. The van der Waals surface area contributed by atoms with Gasteiger partial charge in [-0.2, -0.15) is 5.10 Å². The number of hydrogen-bond acceptors (Lipinski definition) is 5. The predicted octanol–water partition coefficient (Wildman–Crippen LogP) is 2.55. The van der Waals surface area contributed by atoms with E-state index in [4.69, 9.17) is 4.74 Å². The van der Waals surface area contributed by atoms with Crippen LogP contribution in [0.5, 0.6) is 11.6 Å². The Kier molecular flexibility index (Phi) is 4.84. The summed E-state index contributed by atoms with van der Waals surface area (Å²) in [5.74, 6) is 1.21. The molecule has 138 valence electrons. The first-order valence-electron chi connectivity index (χ1n) is 8.88. The van der Waals surface area contributed by atoms with Gasteiger partial charge in [-0.1, -0.05) is 6.07 Å². The fourth-order valence-electron chi connectivity index (χ4n) is 3.31. The summed E-state index contributed by atoms with van der Waals surface area (Å²) in [6.07, 6.45) is 5.49. The van der Waals surface area contributed by atoms with E-state index < -0.39 is 0 Å². The number of rotatable bonds is 5. The molecule has 2 atom stereocenters. The second kappa shape index (κ2) is 7.59. The molecule has 7 nitrogen and oxygen atoms in total. The van der Waals surface area contributed by atoms with Crippen molar-refractivity contribution < 1.29 is 9.53 Å². The average molecular weight is 363 g/mol. The van der Waals surface area contributed by atoms with E-state index in [-0.39, 0.29) is 17.7 Å². The fraction of sp³-hybridized carbons (Fsp3) is 0.250. The molecule has 2 aromatic heterocycles. The van der Waals surface area contributed by atoms with Crippen LogP contribution in [0.3, 0.4) is 0 Å². The number of anilines is 1. The average Bonchev–Trinajstić information content (AvgIpc) is 3.33. The third-order valence-corrected chi connectivity index (χ3v) is 4.69. The van der Waals surface area contributed by atoms with Crippen molar-refractivity contribution in [3.05, 3.63) is 66.6 Å². The number of amides is 1. The fourth-order valence-corrected chi connectivity index (χ4v) is 3.31. The number of carbonyl (C=O) groups is 1. The molecule has 1 fully saturated rings. The predicted molar refractivity (Wildman–Crippen MR) is 102 cm³/mol. The monoisotopic (exact) mass is 363 g/mol. The summed E-state index contributed by atoms with van der Waals surface area (Å²) >= 11 is 0. The number of pyridine rings is 1. The zero-order chi connectivity index (χ0) is 18.6. The quantitative estimate of drug-likeness (QED) is 0.728. The number of ether oxygens (including phenoxy) is 1. The SMILES string of the molecule is Cn1cc([C@H]2CNC[C@@H]2C(=O)Nc2ccc(Oc3ccccn3)cc2)cn1. The molecule has 0 unspecified atom stereocenters. The van der Waals surface area contributed by atoms with Gasteiger partial charge in [-0.05, 0) is 35.9 Å². The van der Waals surface area contributed by atoms with Crippen LogP contribution >= 0.6 is 0 Å². The van der Waals surface area contributed by atoms with E-state index in [0.29, 0.717) is 18.2 Å². The third kappa shape index (κ3) is 3.98. The van der Waals surface area contributed by atoms with Gasteiger partial charge in [-0.3, -0.25) is 9.48 Å². The first-order valence-corrected chi connectivity index (χ1v) is 8.88. The van der Waals surface area contributed by atoms with Crippen molar-refractivity contribution in [2.24, 2.45) is 13.0 Å². The second-order valence-electron chi connectivity index (χ2n) is 6.60. The molecule has 7 heteroatoms. The summed E-state index contributed by atoms with van der Waals surface area (Å²) in [6.45, 7) is 1.44. The first kappa shape index (κ1) is 17.2. The number of nitrogens with zero attached hydrogens (tertiary/aromatic N) is 3. The van der Waals surface area contributed by atoms with Crippen LogP contribution in [0.15, 0.2) is 61.1 Å². The topological polar surface area (TPSA) is 81.1 Å². The smallest absolute Gasteiger partial charge is 0.229 e. The highest BCUT2D eigenvalue weighted by molar-refractivity contribution is 5.93. The van der Waals surface area contributed by atoms with Gasteiger partial charge in [0.25, 0.3) is 0 Å². The molecule has 0 radical (unpaired) electrons. The molecule has 27 heavy (non-hydrogen) atoms. The molecule has 1 aliphatic heterocycles. The Morgan fingerprint density at radius 2 is 2.07 bits per heavy atom. The number of nitrogens with one attached hydrogen (secondary N) is 2. The van der Waals surface area contributed by atoms with Crippen LogP contribution in [0.1, 0.15) is 11.5 Å². The van der Waals surface area contributed by atoms with Crippen LogP contribution in [0, 0.1) is 5.92 Å². The molecular formula is C20H21N5O2. The molecular weight excluding hydrogens is 342 g/mol. The Labute approximate surface area is 157 Å². The minimum absolute atomic E-state index is 0.00671. The zero-order valence-electron chi connectivity index (χ0n) is 15.0. The molecule has 3 aromatic rings. The summed E-state index contributed by atoms with van der Waals surface area (Å²) in [4.78, 5) is 16.9.